The van der Waals surface area contributed by atoms with Crippen LogP contribution in [0, 0.1) is 0 Å². The van der Waals surface area contributed by atoms with Gasteiger partial charge in [-0.3, -0.25) is 9.10 Å². The summed E-state index contributed by atoms with van der Waals surface area (Å²) in [6, 6.07) is 14.3. The van der Waals surface area contributed by atoms with Crippen molar-refractivity contribution in [2.45, 2.75) is 19.4 Å². The van der Waals surface area contributed by atoms with Gasteiger partial charge in [-0.25, -0.2) is 8.42 Å². The summed E-state index contributed by atoms with van der Waals surface area (Å²) in [4.78, 5) is 18.4. The molecule has 0 aliphatic heterocycles. The number of anilines is 1. The minimum Gasteiger partial charge on any atom is -0.497 e. The quantitative estimate of drug-likeness (QED) is 0.388. The van der Waals surface area contributed by atoms with Gasteiger partial charge in [0.25, 0.3) is 0 Å². The Kier molecular flexibility index (Phi) is 8.09. The summed E-state index contributed by atoms with van der Waals surface area (Å²) in [6.07, 6.45) is 1.65. The molecule has 0 bridgehead atoms. The van der Waals surface area contributed by atoms with E-state index in [-0.39, 0.29) is 25.4 Å². The molecule has 0 fully saturated rings. The molecule has 1 aromatic heterocycles. The summed E-state index contributed by atoms with van der Waals surface area (Å²) in [5.74, 6) is 1.15. The number of hydrogen-bond donors (Lipinski definition) is 0. The van der Waals surface area contributed by atoms with Crippen LogP contribution in [0.3, 0.4) is 0 Å². The van der Waals surface area contributed by atoms with Gasteiger partial charge in [-0.1, -0.05) is 39.3 Å². The summed E-state index contributed by atoms with van der Waals surface area (Å²) >= 11 is 3.41. The summed E-state index contributed by atoms with van der Waals surface area (Å²) < 4.78 is 37.2. The Labute approximate surface area is 201 Å². The van der Waals surface area contributed by atoms with E-state index in [1.807, 2.05) is 24.3 Å². The van der Waals surface area contributed by atoms with E-state index >= 15 is 0 Å². The van der Waals surface area contributed by atoms with E-state index in [2.05, 4.69) is 26.1 Å². The van der Waals surface area contributed by atoms with Gasteiger partial charge in [0.2, 0.25) is 27.6 Å². The molecule has 2 aromatic carbocycles. The number of benzene rings is 2. The Hall–Kier alpha value is -2.92. The number of sulfonamides is 1. The van der Waals surface area contributed by atoms with E-state index in [0.717, 1.165) is 16.3 Å². The van der Waals surface area contributed by atoms with E-state index < -0.39 is 10.0 Å². The lowest BCUT2D eigenvalue weighted by molar-refractivity contribution is -0.130. The van der Waals surface area contributed by atoms with Gasteiger partial charge in [0.1, 0.15) is 5.75 Å². The van der Waals surface area contributed by atoms with Crippen molar-refractivity contribution in [2.24, 2.45) is 0 Å². The molecule has 0 aliphatic rings. The third-order valence-corrected chi connectivity index (χ3v) is 6.53. The molecular formula is C22H25BrN4O5S. The molecule has 0 N–H and O–H groups in total. The summed E-state index contributed by atoms with van der Waals surface area (Å²) in [5, 5.41) is 3.97. The van der Waals surface area contributed by atoms with Crippen LogP contribution >= 0.6 is 15.9 Å². The highest BCUT2D eigenvalue weighted by Crippen LogP contribution is 2.24. The summed E-state index contributed by atoms with van der Waals surface area (Å²) in [6.45, 7) is 0.324. The standard InChI is InChI=1S/C22H25BrN4O5S/c1-26(15-20-24-22(25-32-20)16-7-4-8-17(23)13-16)21(28)11-6-12-27(33(3,29)30)18-9-5-10-19(14-18)31-2/h4-5,7-10,13-14H,6,11-12,15H2,1-3H3. The van der Waals surface area contributed by atoms with E-state index in [9.17, 15) is 13.2 Å². The van der Waals surface area contributed by atoms with E-state index in [4.69, 9.17) is 9.26 Å². The average Bonchev–Trinajstić information content (AvgIpc) is 3.24. The highest BCUT2D eigenvalue weighted by atomic mass is 79.9. The van der Waals surface area contributed by atoms with Gasteiger partial charge >= 0.3 is 0 Å². The second-order valence-corrected chi connectivity index (χ2v) is 10.2. The number of halogens is 1. The highest BCUT2D eigenvalue weighted by Gasteiger charge is 2.20. The molecule has 33 heavy (non-hydrogen) atoms. The van der Waals surface area contributed by atoms with Gasteiger partial charge in [0.05, 0.1) is 25.6 Å². The number of aromatic nitrogens is 2. The fourth-order valence-corrected chi connectivity index (χ4v) is 4.53. The maximum absolute atomic E-state index is 12.6. The normalized spacial score (nSPS) is 11.3. The highest BCUT2D eigenvalue weighted by molar-refractivity contribution is 9.10. The van der Waals surface area contributed by atoms with Crippen molar-refractivity contribution in [3.8, 4) is 17.1 Å². The molecule has 0 unspecified atom stereocenters. The lowest BCUT2D eigenvalue weighted by atomic mass is 10.2. The molecule has 0 aliphatic carbocycles. The van der Waals surface area contributed by atoms with E-state index in [1.54, 1.807) is 31.3 Å². The molecular weight excluding hydrogens is 512 g/mol. The van der Waals surface area contributed by atoms with Crippen LogP contribution in [0.1, 0.15) is 18.7 Å². The zero-order valence-electron chi connectivity index (χ0n) is 18.6. The smallest absolute Gasteiger partial charge is 0.246 e. The van der Waals surface area contributed by atoms with Crippen molar-refractivity contribution in [2.75, 3.05) is 31.3 Å². The first-order valence-electron chi connectivity index (χ1n) is 10.1. The molecule has 3 aromatic rings. The molecule has 0 atom stereocenters. The SMILES string of the molecule is COc1cccc(N(CCCC(=O)N(C)Cc2nc(-c3cccc(Br)c3)no2)S(C)(=O)=O)c1. The molecule has 11 heteroatoms. The lowest BCUT2D eigenvalue weighted by Gasteiger charge is -2.23. The predicted octanol–water partition coefficient (Wildman–Crippen LogP) is 3.71. The van der Waals surface area contributed by atoms with Gasteiger partial charge in [-0.15, -0.1) is 0 Å². The number of carbonyl (C=O) groups excluding carboxylic acids is 1. The van der Waals surface area contributed by atoms with Crippen LogP contribution in [0.25, 0.3) is 11.4 Å². The fourth-order valence-electron chi connectivity index (χ4n) is 3.17. The topological polar surface area (TPSA) is 106 Å². The number of hydrogen-bond acceptors (Lipinski definition) is 7. The maximum atomic E-state index is 12.6. The lowest BCUT2D eigenvalue weighted by Crippen LogP contribution is -2.32. The van der Waals surface area contributed by atoms with Crippen LogP contribution in [-0.2, 0) is 21.4 Å². The summed E-state index contributed by atoms with van der Waals surface area (Å²) in [5.41, 5.74) is 1.29. The molecule has 1 amide bonds. The molecule has 3 rings (SSSR count). The van der Waals surface area contributed by atoms with Crippen molar-refractivity contribution in [1.82, 2.24) is 15.0 Å². The maximum Gasteiger partial charge on any atom is 0.246 e. The first kappa shape index (κ1) is 24.7. The van der Waals surface area contributed by atoms with E-state index in [0.29, 0.717) is 29.6 Å². The van der Waals surface area contributed by atoms with Gasteiger partial charge in [0, 0.05) is 36.1 Å². The molecule has 176 valence electrons. The average molecular weight is 537 g/mol. The first-order chi connectivity index (χ1) is 15.7. The third-order valence-electron chi connectivity index (χ3n) is 4.84. The molecule has 0 radical (unpaired) electrons. The minimum absolute atomic E-state index is 0.156. The second-order valence-electron chi connectivity index (χ2n) is 7.41. The van der Waals surface area contributed by atoms with Gasteiger partial charge < -0.3 is 14.2 Å². The number of methoxy groups -OCH3 is 1. The largest absolute Gasteiger partial charge is 0.497 e. The Balaban J connectivity index is 1.57. The first-order valence-corrected chi connectivity index (χ1v) is 12.8. The molecule has 0 saturated heterocycles. The zero-order valence-corrected chi connectivity index (χ0v) is 21.0. The number of rotatable bonds is 10. The second kappa shape index (κ2) is 10.8. The van der Waals surface area contributed by atoms with Crippen LogP contribution in [-0.4, -0.2) is 56.3 Å². The molecule has 1 heterocycles. The molecule has 0 saturated carbocycles. The van der Waals surface area contributed by atoms with Crippen molar-refractivity contribution in [1.29, 1.82) is 0 Å². The van der Waals surface area contributed by atoms with Gasteiger partial charge in [-0.2, -0.15) is 4.98 Å². The van der Waals surface area contributed by atoms with Crippen LogP contribution in [0.4, 0.5) is 5.69 Å². The molecule has 0 spiro atoms. The number of nitrogens with zero attached hydrogens (tertiary/aromatic N) is 4. The summed E-state index contributed by atoms with van der Waals surface area (Å²) in [7, 11) is -0.362. The predicted molar refractivity (Wildman–Crippen MR) is 128 cm³/mol. The van der Waals surface area contributed by atoms with Crippen molar-refractivity contribution < 1.29 is 22.5 Å². The van der Waals surface area contributed by atoms with Crippen molar-refractivity contribution in [3.63, 3.8) is 0 Å². The van der Waals surface area contributed by atoms with Crippen LogP contribution in [0.15, 0.2) is 57.5 Å². The van der Waals surface area contributed by atoms with Gasteiger partial charge in [0.15, 0.2) is 0 Å². The minimum atomic E-state index is -3.52. The van der Waals surface area contributed by atoms with E-state index in [1.165, 1.54) is 16.3 Å². The third kappa shape index (κ3) is 6.78. The number of ether oxygens (including phenoxy) is 1. The Morgan fingerprint density at radius 3 is 2.64 bits per heavy atom. The Morgan fingerprint density at radius 2 is 1.94 bits per heavy atom. The molecule has 9 nitrogen and oxygen atoms in total. The van der Waals surface area contributed by atoms with Crippen LogP contribution in [0.2, 0.25) is 0 Å². The zero-order chi connectivity index (χ0) is 24.0. The van der Waals surface area contributed by atoms with Gasteiger partial charge in [-0.05, 0) is 30.7 Å². The Bertz CT molecular complexity index is 1210. The number of carbonyl (C=O) groups is 1. The van der Waals surface area contributed by atoms with Crippen molar-refractivity contribution in [3.05, 3.63) is 58.9 Å². The number of amides is 1. The fraction of sp³-hybridized carbons (Fsp3) is 0.318. The van der Waals surface area contributed by atoms with Crippen molar-refractivity contribution >= 4 is 37.5 Å². The van der Waals surface area contributed by atoms with Crippen LogP contribution < -0.4 is 9.04 Å². The monoisotopic (exact) mass is 536 g/mol. The Morgan fingerprint density at radius 1 is 1.18 bits per heavy atom. The van der Waals surface area contributed by atoms with Crippen LogP contribution in [0.5, 0.6) is 5.75 Å².